The van der Waals surface area contributed by atoms with Crippen molar-refractivity contribution in [3.63, 3.8) is 0 Å². The van der Waals surface area contributed by atoms with Gasteiger partial charge in [-0.3, -0.25) is 0 Å². The van der Waals surface area contributed by atoms with Gasteiger partial charge < -0.3 is 25.3 Å². The maximum Gasteiger partial charge on any atom is 3.00 e. The molecule has 0 spiro atoms. The number of carbonyl (C=O) groups excluding carboxylic acids is 2. The first kappa shape index (κ1) is 15.1. The normalized spacial score (nSPS) is 8.00. The monoisotopic (exact) mass is 237 g/mol. The molecule has 0 atom stereocenters. The third-order valence-electron chi connectivity index (χ3n) is 1.36. The van der Waals surface area contributed by atoms with Gasteiger partial charge in [-0.05, 0) is 11.1 Å². The Morgan fingerprint density at radius 1 is 0.857 bits per heavy atom. The van der Waals surface area contributed by atoms with E-state index < -0.39 is 11.9 Å². The molecular formula is C8H5FeO5. The quantitative estimate of drug-likeness (QED) is 0.565. The maximum atomic E-state index is 10.2. The zero-order chi connectivity index (χ0) is 9.14. The minimum absolute atomic E-state index is 0. The van der Waals surface area contributed by atoms with Crippen molar-refractivity contribution in [3.8, 4) is 0 Å². The fourth-order valence-electron chi connectivity index (χ4n) is 0.742. The number of benzene rings is 1. The minimum atomic E-state index is -1.33. The van der Waals surface area contributed by atoms with E-state index in [0.717, 1.165) is 24.3 Å². The van der Waals surface area contributed by atoms with Gasteiger partial charge in [0.1, 0.15) is 0 Å². The summed E-state index contributed by atoms with van der Waals surface area (Å²) in [6.07, 6.45) is 0. The summed E-state index contributed by atoms with van der Waals surface area (Å²) >= 11 is 0. The molecule has 0 fully saturated rings. The molecule has 0 aliphatic heterocycles. The van der Waals surface area contributed by atoms with E-state index in [9.17, 15) is 19.8 Å². The van der Waals surface area contributed by atoms with Crippen LogP contribution in [0.3, 0.4) is 0 Å². The summed E-state index contributed by atoms with van der Waals surface area (Å²) in [6, 6.07) is 4.61. The molecule has 0 aliphatic rings. The maximum absolute atomic E-state index is 10.2. The molecule has 75 valence electrons. The molecule has 6 heteroatoms. The van der Waals surface area contributed by atoms with E-state index in [2.05, 4.69) is 0 Å². The van der Waals surface area contributed by atoms with Crippen molar-refractivity contribution >= 4 is 11.9 Å². The van der Waals surface area contributed by atoms with Crippen molar-refractivity contribution in [3.05, 3.63) is 35.4 Å². The molecule has 1 aromatic carbocycles. The van der Waals surface area contributed by atoms with Gasteiger partial charge in [0.05, 0.1) is 11.9 Å². The SMILES string of the molecule is O=C([O-])c1ccc(C(=O)[O-])cc1.[Fe+3].[OH-]. The molecule has 14 heavy (non-hydrogen) atoms. The Bertz CT molecular complexity index is 286. The summed E-state index contributed by atoms with van der Waals surface area (Å²) in [7, 11) is 0. The number of rotatable bonds is 2. The minimum Gasteiger partial charge on any atom is -0.870 e. The molecule has 0 aromatic heterocycles. The van der Waals surface area contributed by atoms with Gasteiger partial charge in [0, 0.05) is 0 Å². The zero-order valence-corrected chi connectivity index (χ0v) is 7.85. The van der Waals surface area contributed by atoms with Crippen molar-refractivity contribution < 1.29 is 42.3 Å². The predicted molar refractivity (Wildman–Crippen MR) is 37.0 cm³/mol. The molecule has 0 heterocycles. The van der Waals surface area contributed by atoms with Crippen molar-refractivity contribution in [2.24, 2.45) is 0 Å². The van der Waals surface area contributed by atoms with E-state index in [1.165, 1.54) is 0 Å². The van der Waals surface area contributed by atoms with Crippen LogP contribution in [0.4, 0.5) is 0 Å². The molecule has 1 rings (SSSR count). The first-order chi connectivity index (χ1) is 5.61. The number of carbonyl (C=O) groups is 2. The molecule has 0 saturated carbocycles. The summed E-state index contributed by atoms with van der Waals surface area (Å²) < 4.78 is 0. The third kappa shape index (κ3) is 3.57. The van der Waals surface area contributed by atoms with Crippen LogP contribution in [0.1, 0.15) is 20.7 Å². The van der Waals surface area contributed by atoms with E-state index >= 15 is 0 Å². The number of carboxylic acid groups (broad SMARTS) is 2. The molecule has 0 unspecified atom stereocenters. The van der Waals surface area contributed by atoms with Gasteiger partial charge in [-0.15, -0.1) is 0 Å². The van der Waals surface area contributed by atoms with E-state index in [1.54, 1.807) is 0 Å². The van der Waals surface area contributed by atoms with E-state index in [-0.39, 0.29) is 33.7 Å². The smallest absolute Gasteiger partial charge is 0.870 e. The van der Waals surface area contributed by atoms with Gasteiger partial charge in [0.15, 0.2) is 0 Å². The Morgan fingerprint density at radius 2 is 1.07 bits per heavy atom. The van der Waals surface area contributed by atoms with Crippen LogP contribution in [0.25, 0.3) is 0 Å². The standard InChI is InChI=1S/C8H6O4.Fe.H2O/c9-7(10)5-1-2-6(4-3-5)8(11)12;;/h1-4H,(H,9,10)(H,11,12);;1H2/q;+3;/p-3. The Labute approximate surface area is 90.1 Å². The summed E-state index contributed by atoms with van der Waals surface area (Å²) in [5, 5.41) is 20.4. The number of aromatic carboxylic acids is 2. The van der Waals surface area contributed by atoms with E-state index in [1.807, 2.05) is 0 Å². The average molecular weight is 237 g/mol. The van der Waals surface area contributed by atoms with Gasteiger partial charge in [-0.1, -0.05) is 24.3 Å². The third-order valence-corrected chi connectivity index (χ3v) is 1.36. The predicted octanol–water partition coefficient (Wildman–Crippen LogP) is -1.77. The molecule has 0 amide bonds. The largest absolute Gasteiger partial charge is 3.00 e. The summed E-state index contributed by atoms with van der Waals surface area (Å²) in [6.45, 7) is 0. The molecule has 0 bridgehead atoms. The molecule has 0 saturated heterocycles. The first-order valence-electron chi connectivity index (χ1n) is 3.14. The van der Waals surface area contributed by atoms with Crippen molar-refractivity contribution in [1.82, 2.24) is 0 Å². The van der Waals surface area contributed by atoms with Crippen LogP contribution in [-0.4, -0.2) is 17.4 Å². The first-order valence-corrected chi connectivity index (χ1v) is 3.14. The van der Waals surface area contributed by atoms with E-state index in [4.69, 9.17) is 0 Å². The van der Waals surface area contributed by atoms with Crippen LogP contribution in [0.2, 0.25) is 0 Å². The summed E-state index contributed by atoms with van der Waals surface area (Å²) in [5.74, 6) is -2.67. The second kappa shape index (κ2) is 6.15. The van der Waals surface area contributed by atoms with Gasteiger partial charge >= 0.3 is 17.1 Å². The zero-order valence-electron chi connectivity index (χ0n) is 6.74. The number of hydrogen-bond acceptors (Lipinski definition) is 5. The fraction of sp³-hybridized carbons (Fsp3) is 0. The van der Waals surface area contributed by atoms with Gasteiger partial charge in [0.25, 0.3) is 0 Å². The van der Waals surface area contributed by atoms with Crippen LogP contribution < -0.4 is 10.2 Å². The second-order valence-corrected chi connectivity index (χ2v) is 2.15. The Kier molecular flexibility index (Phi) is 6.64. The topological polar surface area (TPSA) is 110 Å². The van der Waals surface area contributed by atoms with Crippen molar-refractivity contribution in [2.45, 2.75) is 0 Å². The molecule has 1 radical (unpaired) electrons. The average Bonchev–Trinajstić information content (AvgIpc) is 2.04. The van der Waals surface area contributed by atoms with E-state index in [0.29, 0.717) is 0 Å². The van der Waals surface area contributed by atoms with Gasteiger partial charge in [-0.25, -0.2) is 0 Å². The van der Waals surface area contributed by atoms with Crippen LogP contribution in [0.15, 0.2) is 24.3 Å². The molecule has 1 N–H and O–H groups in total. The van der Waals surface area contributed by atoms with Crippen LogP contribution in [0, 0.1) is 0 Å². The molecule has 5 nitrogen and oxygen atoms in total. The van der Waals surface area contributed by atoms with Crippen LogP contribution in [-0.2, 0) is 17.1 Å². The molecule has 1 aromatic rings. The summed E-state index contributed by atoms with van der Waals surface area (Å²) in [4.78, 5) is 20.4. The van der Waals surface area contributed by atoms with Crippen molar-refractivity contribution in [2.75, 3.05) is 0 Å². The second-order valence-electron chi connectivity index (χ2n) is 2.15. The summed E-state index contributed by atoms with van der Waals surface area (Å²) in [5.41, 5.74) is -0.111. The number of hydrogen-bond donors (Lipinski definition) is 0. The van der Waals surface area contributed by atoms with Crippen LogP contribution in [0.5, 0.6) is 0 Å². The van der Waals surface area contributed by atoms with Gasteiger partial charge in [0.2, 0.25) is 0 Å². The molecular weight excluding hydrogens is 232 g/mol. The fourth-order valence-corrected chi connectivity index (χ4v) is 0.742. The molecule has 0 aliphatic carbocycles. The van der Waals surface area contributed by atoms with Crippen molar-refractivity contribution in [1.29, 1.82) is 0 Å². The Balaban J connectivity index is 0. The Hall–Kier alpha value is -1.36. The Morgan fingerprint density at radius 3 is 1.21 bits per heavy atom. The number of carboxylic acids is 2. The van der Waals surface area contributed by atoms with Gasteiger partial charge in [-0.2, -0.15) is 0 Å². The van der Waals surface area contributed by atoms with Crippen LogP contribution >= 0.6 is 0 Å².